The van der Waals surface area contributed by atoms with Gasteiger partial charge in [-0.1, -0.05) is 0 Å². The van der Waals surface area contributed by atoms with Crippen molar-refractivity contribution in [3.8, 4) is 0 Å². The maximum absolute atomic E-state index is 12.2. The van der Waals surface area contributed by atoms with Crippen LogP contribution in [0.25, 0.3) is 0 Å². The molecule has 110 valence electrons. The second-order valence-electron chi connectivity index (χ2n) is 4.11. The van der Waals surface area contributed by atoms with E-state index in [2.05, 4.69) is 25.8 Å². The minimum atomic E-state index is -3.57. The van der Waals surface area contributed by atoms with Crippen LogP contribution in [0.1, 0.15) is 5.56 Å². The Morgan fingerprint density at radius 2 is 2.30 bits per heavy atom. The van der Waals surface area contributed by atoms with Gasteiger partial charge in [0, 0.05) is 13.3 Å². The zero-order valence-corrected chi connectivity index (χ0v) is 14.2. The monoisotopic (exact) mass is 379 g/mol. The molecular weight excluding hydrogens is 366 g/mol. The van der Waals surface area contributed by atoms with Crippen LogP contribution in [0.3, 0.4) is 0 Å². The Labute approximate surface area is 129 Å². The molecule has 0 radical (unpaired) electrons. The number of halogens is 1. The Hall–Kier alpha value is -0.900. The lowest BCUT2D eigenvalue weighted by molar-refractivity contribution is 0.183. The number of nitrogens with one attached hydrogen (secondary N) is 1. The highest BCUT2D eigenvalue weighted by Crippen LogP contribution is 2.31. The van der Waals surface area contributed by atoms with Crippen molar-refractivity contribution in [2.24, 2.45) is 0 Å². The lowest BCUT2D eigenvalue weighted by Crippen LogP contribution is -2.11. The lowest BCUT2D eigenvalue weighted by Gasteiger charge is -2.02. The third-order valence-electron chi connectivity index (χ3n) is 2.51. The van der Waals surface area contributed by atoms with Crippen LogP contribution in [0, 0.1) is 6.92 Å². The van der Waals surface area contributed by atoms with Gasteiger partial charge in [-0.05, 0) is 34.5 Å². The molecule has 0 aliphatic rings. The summed E-state index contributed by atoms with van der Waals surface area (Å²) < 4.78 is 34.6. The Morgan fingerprint density at radius 3 is 2.90 bits per heavy atom. The SMILES string of the molecule is COCCn1cc(NS(=O)(=O)c2cc(C)c(Br)s2)cn1. The molecule has 0 spiro atoms. The molecule has 0 amide bonds. The number of thiophene rings is 1. The van der Waals surface area contributed by atoms with Crippen LogP contribution in [-0.4, -0.2) is 31.9 Å². The normalized spacial score (nSPS) is 11.8. The minimum absolute atomic E-state index is 0.270. The van der Waals surface area contributed by atoms with Crippen molar-refractivity contribution in [1.29, 1.82) is 0 Å². The van der Waals surface area contributed by atoms with Crippen molar-refractivity contribution in [2.45, 2.75) is 17.7 Å². The summed E-state index contributed by atoms with van der Waals surface area (Å²) in [6.07, 6.45) is 3.11. The summed E-state index contributed by atoms with van der Waals surface area (Å²) in [4.78, 5) is 0. The van der Waals surface area contributed by atoms with Crippen LogP contribution >= 0.6 is 27.3 Å². The number of hydrogen-bond donors (Lipinski definition) is 1. The minimum Gasteiger partial charge on any atom is -0.383 e. The number of nitrogens with zero attached hydrogens (tertiary/aromatic N) is 2. The van der Waals surface area contributed by atoms with Gasteiger partial charge >= 0.3 is 0 Å². The number of ether oxygens (including phenoxy) is 1. The number of aryl methyl sites for hydroxylation is 1. The maximum Gasteiger partial charge on any atom is 0.271 e. The average Bonchev–Trinajstić information content (AvgIpc) is 2.95. The summed E-state index contributed by atoms with van der Waals surface area (Å²) in [7, 11) is -1.97. The molecule has 0 unspecified atom stereocenters. The molecule has 0 saturated carbocycles. The van der Waals surface area contributed by atoms with Gasteiger partial charge in [-0.3, -0.25) is 9.40 Å². The summed E-state index contributed by atoms with van der Waals surface area (Å²) in [5.41, 5.74) is 1.33. The molecule has 6 nitrogen and oxygen atoms in total. The highest BCUT2D eigenvalue weighted by Gasteiger charge is 2.19. The first-order valence-electron chi connectivity index (χ1n) is 5.72. The van der Waals surface area contributed by atoms with Crippen molar-refractivity contribution in [2.75, 3.05) is 18.4 Å². The Bertz CT molecular complexity index is 674. The van der Waals surface area contributed by atoms with E-state index in [1.807, 2.05) is 6.92 Å². The van der Waals surface area contributed by atoms with Crippen molar-refractivity contribution in [3.63, 3.8) is 0 Å². The molecule has 0 bridgehead atoms. The molecule has 9 heteroatoms. The number of aromatic nitrogens is 2. The van der Waals surface area contributed by atoms with E-state index >= 15 is 0 Å². The maximum atomic E-state index is 12.2. The Balaban J connectivity index is 2.14. The van der Waals surface area contributed by atoms with Crippen molar-refractivity contribution in [3.05, 3.63) is 27.8 Å². The Kier molecular flexibility index (Phi) is 4.84. The molecule has 0 saturated heterocycles. The van der Waals surface area contributed by atoms with Crippen LogP contribution in [0.4, 0.5) is 5.69 Å². The summed E-state index contributed by atoms with van der Waals surface area (Å²) in [6, 6.07) is 1.63. The number of sulfonamides is 1. The van der Waals surface area contributed by atoms with E-state index in [4.69, 9.17) is 4.74 Å². The summed E-state index contributed by atoms with van der Waals surface area (Å²) in [5.74, 6) is 0. The molecule has 2 heterocycles. The van der Waals surface area contributed by atoms with Gasteiger partial charge < -0.3 is 4.74 Å². The highest BCUT2D eigenvalue weighted by molar-refractivity contribution is 9.11. The fourth-order valence-electron chi connectivity index (χ4n) is 1.49. The zero-order chi connectivity index (χ0) is 14.8. The predicted molar refractivity (Wildman–Crippen MR) is 81.7 cm³/mol. The van der Waals surface area contributed by atoms with E-state index in [1.165, 1.54) is 17.5 Å². The largest absolute Gasteiger partial charge is 0.383 e. The smallest absolute Gasteiger partial charge is 0.271 e. The molecule has 1 N–H and O–H groups in total. The van der Waals surface area contributed by atoms with Crippen molar-refractivity contribution in [1.82, 2.24) is 9.78 Å². The number of rotatable bonds is 6. The van der Waals surface area contributed by atoms with E-state index in [0.29, 0.717) is 18.8 Å². The van der Waals surface area contributed by atoms with E-state index in [0.717, 1.165) is 9.35 Å². The van der Waals surface area contributed by atoms with Gasteiger partial charge in [-0.15, -0.1) is 11.3 Å². The second kappa shape index (κ2) is 6.25. The molecule has 0 aliphatic heterocycles. The molecule has 20 heavy (non-hydrogen) atoms. The molecule has 0 fully saturated rings. The zero-order valence-electron chi connectivity index (χ0n) is 11.0. The Morgan fingerprint density at radius 1 is 1.55 bits per heavy atom. The molecular formula is C11H14BrN3O3S2. The van der Waals surface area contributed by atoms with E-state index in [-0.39, 0.29) is 4.21 Å². The summed E-state index contributed by atoms with van der Waals surface area (Å²) in [5, 5.41) is 4.06. The first kappa shape index (κ1) is 15.5. The molecule has 0 atom stereocenters. The lowest BCUT2D eigenvalue weighted by atomic mass is 10.4. The fraction of sp³-hybridized carbons (Fsp3) is 0.364. The van der Waals surface area contributed by atoms with Gasteiger partial charge in [0.05, 0.1) is 28.8 Å². The van der Waals surface area contributed by atoms with E-state index in [9.17, 15) is 8.42 Å². The predicted octanol–water partition coefficient (Wildman–Crippen LogP) is 2.46. The first-order chi connectivity index (χ1) is 9.42. The number of hydrogen-bond acceptors (Lipinski definition) is 5. The summed E-state index contributed by atoms with van der Waals surface area (Å²) in [6.45, 7) is 2.94. The topological polar surface area (TPSA) is 73.2 Å². The van der Waals surface area contributed by atoms with Crippen molar-refractivity contribution < 1.29 is 13.2 Å². The molecule has 0 aromatic carbocycles. The number of methoxy groups -OCH3 is 1. The van der Waals surface area contributed by atoms with Gasteiger partial charge in [-0.2, -0.15) is 5.10 Å². The van der Waals surface area contributed by atoms with Crippen LogP contribution < -0.4 is 4.72 Å². The molecule has 2 aromatic heterocycles. The van der Waals surface area contributed by atoms with Crippen LogP contribution in [0.5, 0.6) is 0 Å². The first-order valence-corrected chi connectivity index (χ1v) is 8.82. The van der Waals surface area contributed by atoms with Gasteiger partial charge in [0.15, 0.2) is 0 Å². The van der Waals surface area contributed by atoms with Crippen LogP contribution in [-0.2, 0) is 21.3 Å². The highest BCUT2D eigenvalue weighted by atomic mass is 79.9. The average molecular weight is 380 g/mol. The van der Waals surface area contributed by atoms with Crippen LogP contribution in [0.2, 0.25) is 0 Å². The van der Waals surface area contributed by atoms with Crippen LogP contribution in [0.15, 0.2) is 26.5 Å². The van der Waals surface area contributed by atoms with Gasteiger partial charge in [0.25, 0.3) is 10.0 Å². The van der Waals surface area contributed by atoms with Gasteiger partial charge in [0.1, 0.15) is 4.21 Å². The van der Waals surface area contributed by atoms with Gasteiger partial charge in [-0.25, -0.2) is 8.42 Å². The summed E-state index contributed by atoms with van der Waals surface area (Å²) >= 11 is 4.50. The molecule has 2 rings (SSSR count). The quantitative estimate of drug-likeness (QED) is 0.836. The van der Waals surface area contributed by atoms with Gasteiger partial charge in [0.2, 0.25) is 0 Å². The molecule has 2 aromatic rings. The third kappa shape index (κ3) is 3.60. The third-order valence-corrected chi connectivity index (χ3v) is 6.50. The second-order valence-corrected chi connectivity index (χ2v) is 8.39. The van der Waals surface area contributed by atoms with E-state index < -0.39 is 10.0 Å². The number of anilines is 1. The standard InChI is InChI=1S/C11H14BrN3O3S2/c1-8-5-10(19-11(8)12)20(16,17)14-9-6-13-15(7-9)3-4-18-2/h5-7,14H,3-4H2,1-2H3. The van der Waals surface area contributed by atoms with E-state index in [1.54, 1.807) is 24.1 Å². The molecule has 0 aliphatic carbocycles. The van der Waals surface area contributed by atoms with Crippen molar-refractivity contribution >= 4 is 43.0 Å². The fourth-order valence-corrected chi connectivity index (χ4v) is 4.75.